The van der Waals surface area contributed by atoms with Crippen molar-refractivity contribution in [2.75, 3.05) is 13.1 Å². The lowest BCUT2D eigenvalue weighted by molar-refractivity contribution is -0.543. The Labute approximate surface area is 144 Å². The minimum absolute atomic E-state index is 0.00405. The molecule has 2 saturated heterocycles. The molecule has 3 aliphatic rings. The zero-order valence-corrected chi connectivity index (χ0v) is 14.7. The van der Waals surface area contributed by atoms with E-state index in [0.29, 0.717) is 11.8 Å². The van der Waals surface area contributed by atoms with Gasteiger partial charge in [-0.25, -0.2) is 0 Å². The molecule has 130 valence electrons. The summed E-state index contributed by atoms with van der Waals surface area (Å²) in [5.74, 6) is 1.20. The minimum Gasteiger partial charge on any atom is -0.293 e. The molecule has 2 heterocycles. The van der Waals surface area contributed by atoms with Gasteiger partial charge in [-0.2, -0.15) is 0 Å². The molecule has 0 bridgehead atoms. The maximum absolute atomic E-state index is 12.2. The molecule has 3 fully saturated rings. The third-order valence-electron chi connectivity index (χ3n) is 6.84. The van der Waals surface area contributed by atoms with Crippen molar-refractivity contribution in [1.82, 2.24) is 4.90 Å². The Morgan fingerprint density at radius 2 is 1.88 bits per heavy atom. The number of benzene rings is 1. The summed E-state index contributed by atoms with van der Waals surface area (Å²) >= 11 is 0. The normalized spacial score (nSPS) is 38.3. The van der Waals surface area contributed by atoms with Gasteiger partial charge in [0.2, 0.25) is 6.04 Å². The van der Waals surface area contributed by atoms with Crippen LogP contribution in [0.4, 0.5) is 0 Å². The molecule has 1 aromatic rings. The van der Waals surface area contributed by atoms with Crippen LogP contribution in [-0.2, 0) is 0 Å². The van der Waals surface area contributed by atoms with Crippen molar-refractivity contribution in [3.63, 3.8) is 0 Å². The van der Waals surface area contributed by atoms with Gasteiger partial charge in [0, 0.05) is 18.0 Å². The Balaban J connectivity index is 1.77. The molecule has 2 aliphatic heterocycles. The summed E-state index contributed by atoms with van der Waals surface area (Å²) in [5.41, 5.74) is 1.06. The monoisotopic (exact) mass is 328 g/mol. The lowest BCUT2D eigenvalue weighted by Gasteiger charge is -2.48. The van der Waals surface area contributed by atoms with Crippen LogP contribution in [0.5, 0.6) is 0 Å². The zero-order valence-electron chi connectivity index (χ0n) is 14.7. The Morgan fingerprint density at radius 3 is 2.58 bits per heavy atom. The van der Waals surface area contributed by atoms with Crippen LogP contribution in [0.2, 0.25) is 0 Å². The average molecular weight is 328 g/mol. The largest absolute Gasteiger partial charge is 0.293 e. The molecule has 4 nitrogen and oxygen atoms in total. The first-order valence-electron chi connectivity index (χ1n) is 9.41. The molecule has 0 amide bonds. The van der Waals surface area contributed by atoms with E-state index in [1.54, 1.807) is 0 Å². The predicted octanol–water partition coefficient (Wildman–Crippen LogP) is 3.95. The van der Waals surface area contributed by atoms with Gasteiger partial charge in [-0.05, 0) is 35.7 Å². The van der Waals surface area contributed by atoms with Gasteiger partial charge >= 0.3 is 0 Å². The van der Waals surface area contributed by atoms with Crippen molar-refractivity contribution in [2.24, 2.45) is 17.3 Å². The number of hydrogen-bond acceptors (Lipinski definition) is 3. The van der Waals surface area contributed by atoms with Crippen molar-refractivity contribution in [3.05, 3.63) is 46.0 Å². The van der Waals surface area contributed by atoms with Gasteiger partial charge in [0.15, 0.2) is 0 Å². The van der Waals surface area contributed by atoms with Gasteiger partial charge in [-0.3, -0.25) is 15.0 Å². The molecular weight excluding hydrogens is 300 g/mol. The summed E-state index contributed by atoms with van der Waals surface area (Å²) in [6.45, 7) is 6.50. The molecule has 4 heteroatoms. The Morgan fingerprint density at radius 1 is 1.17 bits per heavy atom. The van der Waals surface area contributed by atoms with E-state index in [-0.39, 0.29) is 22.3 Å². The smallest absolute Gasteiger partial charge is 0.235 e. The molecule has 5 unspecified atom stereocenters. The molecule has 1 saturated carbocycles. The minimum atomic E-state index is -0.482. The first kappa shape index (κ1) is 16.1. The van der Waals surface area contributed by atoms with Crippen LogP contribution in [0.15, 0.2) is 30.3 Å². The number of piperidine rings is 1. The van der Waals surface area contributed by atoms with E-state index >= 15 is 0 Å². The highest BCUT2D eigenvalue weighted by molar-refractivity contribution is 5.26. The van der Waals surface area contributed by atoms with Crippen LogP contribution >= 0.6 is 0 Å². The van der Waals surface area contributed by atoms with E-state index in [1.165, 1.54) is 25.7 Å². The second-order valence-corrected chi connectivity index (χ2v) is 8.78. The fourth-order valence-electron chi connectivity index (χ4n) is 6.08. The van der Waals surface area contributed by atoms with Crippen molar-refractivity contribution in [3.8, 4) is 0 Å². The molecule has 0 aromatic heterocycles. The molecule has 0 N–H and O–H groups in total. The summed E-state index contributed by atoms with van der Waals surface area (Å²) in [6, 6.07) is 9.87. The lowest BCUT2D eigenvalue weighted by atomic mass is 9.64. The summed E-state index contributed by atoms with van der Waals surface area (Å²) in [4.78, 5) is 14.8. The molecule has 0 spiro atoms. The van der Waals surface area contributed by atoms with Gasteiger partial charge in [0.25, 0.3) is 0 Å². The third-order valence-corrected chi connectivity index (χ3v) is 6.84. The molecule has 4 rings (SSSR count). The van der Waals surface area contributed by atoms with Crippen molar-refractivity contribution < 1.29 is 4.92 Å². The highest BCUT2D eigenvalue weighted by Crippen LogP contribution is 2.53. The van der Waals surface area contributed by atoms with Gasteiger partial charge in [-0.1, -0.05) is 57.0 Å². The lowest BCUT2D eigenvalue weighted by Crippen LogP contribution is -2.60. The second kappa shape index (κ2) is 5.83. The summed E-state index contributed by atoms with van der Waals surface area (Å²) in [5, 5.41) is 12.2. The molecule has 5 atom stereocenters. The van der Waals surface area contributed by atoms with Crippen molar-refractivity contribution >= 4 is 0 Å². The summed E-state index contributed by atoms with van der Waals surface area (Å²) < 4.78 is 0. The molecule has 1 aromatic carbocycles. The number of hydrogen-bond donors (Lipinski definition) is 0. The van der Waals surface area contributed by atoms with E-state index in [9.17, 15) is 10.1 Å². The Hall–Kier alpha value is -1.42. The zero-order chi connectivity index (χ0) is 16.9. The maximum Gasteiger partial charge on any atom is 0.235 e. The Bertz CT molecular complexity index is 615. The van der Waals surface area contributed by atoms with Crippen LogP contribution in [0.1, 0.15) is 51.0 Å². The number of fused-ring (bicyclic) bond motifs is 3. The number of rotatable bonds is 2. The van der Waals surface area contributed by atoms with Gasteiger partial charge in [0.05, 0.1) is 12.0 Å². The number of nitro groups is 1. The summed E-state index contributed by atoms with van der Waals surface area (Å²) in [7, 11) is 0. The first-order chi connectivity index (χ1) is 11.5. The third kappa shape index (κ3) is 2.46. The Kier molecular flexibility index (Phi) is 3.91. The fraction of sp³-hybridized carbons (Fsp3) is 0.700. The van der Waals surface area contributed by atoms with Gasteiger partial charge in [-0.15, -0.1) is 0 Å². The topological polar surface area (TPSA) is 46.4 Å². The molecule has 0 radical (unpaired) electrons. The van der Waals surface area contributed by atoms with Crippen molar-refractivity contribution in [2.45, 2.75) is 57.5 Å². The second-order valence-electron chi connectivity index (χ2n) is 8.78. The first-order valence-corrected chi connectivity index (χ1v) is 9.41. The van der Waals surface area contributed by atoms with Crippen LogP contribution < -0.4 is 0 Å². The fourth-order valence-corrected chi connectivity index (χ4v) is 6.08. The quantitative estimate of drug-likeness (QED) is 0.610. The average Bonchev–Trinajstić information content (AvgIpc) is 2.90. The molecule has 24 heavy (non-hydrogen) atoms. The van der Waals surface area contributed by atoms with Crippen LogP contribution in [-0.4, -0.2) is 35.0 Å². The van der Waals surface area contributed by atoms with Crippen LogP contribution in [0, 0.1) is 27.4 Å². The van der Waals surface area contributed by atoms with Gasteiger partial charge < -0.3 is 0 Å². The van der Waals surface area contributed by atoms with E-state index in [1.807, 2.05) is 18.2 Å². The maximum atomic E-state index is 12.2. The van der Waals surface area contributed by atoms with Gasteiger partial charge in [0.1, 0.15) is 0 Å². The van der Waals surface area contributed by atoms with E-state index in [2.05, 4.69) is 30.9 Å². The van der Waals surface area contributed by atoms with E-state index in [0.717, 1.165) is 18.7 Å². The van der Waals surface area contributed by atoms with Crippen molar-refractivity contribution in [1.29, 1.82) is 0 Å². The van der Waals surface area contributed by atoms with E-state index in [4.69, 9.17) is 0 Å². The van der Waals surface area contributed by atoms with Crippen LogP contribution in [0.3, 0.4) is 0 Å². The highest BCUT2D eigenvalue weighted by atomic mass is 16.6. The molecule has 1 aliphatic carbocycles. The predicted molar refractivity (Wildman–Crippen MR) is 94.6 cm³/mol. The van der Waals surface area contributed by atoms with E-state index < -0.39 is 6.04 Å². The SMILES string of the molecule is CC1(C)CN2CC3CCCCC3C2C([N+](=O)[O-])C1c1ccccc1. The summed E-state index contributed by atoms with van der Waals surface area (Å²) in [6.07, 6.45) is 4.99. The standard InChI is InChI=1S/C20H28N2O2/c1-20(2)13-21-12-15-10-6-7-11-16(15)18(21)19(22(23)24)17(20)14-8-4-3-5-9-14/h3-5,8-9,15-19H,6-7,10-13H2,1-2H3. The highest BCUT2D eigenvalue weighted by Gasteiger charge is 2.60. The van der Waals surface area contributed by atoms with Crippen LogP contribution in [0.25, 0.3) is 0 Å². The number of nitrogens with zero attached hydrogens (tertiary/aromatic N) is 2. The molecular formula is C20H28N2O2.